The van der Waals surface area contributed by atoms with Crippen LogP contribution in [0.25, 0.3) is 11.0 Å². The summed E-state index contributed by atoms with van der Waals surface area (Å²) >= 11 is 0. The van der Waals surface area contributed by atoms with Gasteiger partial charge in [-0.1, -0.05) is 12.1 Å². The van der Waals surface area contributed by atoms with E-state index in [1.807, 2.05) is 29.2 Å². The van der Waals surface area contributed by atoms with E-state index in [2.05, 4.69) is 0 Å². The van der Waals surface area contributed by atoms with Gasteiger partial charge >= 0.3 is 5.69 Å². The molecule has 0 atom stereocenters. The number of para-hydroxylation sites is 2. The van der Waals surface area contributed by atoms with Crippen LogP contribution in [0, 0.1) is 0 Å². The average Bonchev–Trinajstić information content (AvgIpc) is 3.04. The summed E-state index contributed by atoms with van der Waals surface area (Å²) in [4.78, 5) is 40.2. The number of amides is 2. The van der Waals surface area contributed by atoms with E-state index in [0.717, 1.165) is 24.0 Å². The number of aryl methyl sites for hydroxylation is 1. The van der Waals surface area contributed by atoms with Gasteiger partial charge in [0.1, 0.15) is 6.54 Å². The Hall–Kier alpha value is -2.57. The monoisotopic (exact) mass is 328 g/mol. The minimum Gasteiger partial charge on any atom is -0.337 e. The highest BCUT2D eigenvalue weighted by atomic mass is 16.2. The summed E-state index contributed by atoms with van der Waals surface area (Å²) in [6, 6.07) is 7.61. The molecule has 0 aliphatic carbocycles. The molecule has 1 aromatic heterocycles. The Balaban J connectivity index is 1.47. The fourth-order valence-electron chi connectivity index (χ4n) is 3.66. The second-order valence-corrected chi connectivity index (χ2v) is 6.56. The number of likely N-dealkylation sites (tertiary alicyclic amines) is 2. The lowest BCUT2D eigenvalue weighted by atomic mass is 10.1. The summed E-state index contributed by atoms with van der Waals surface area (Å²) in [6.07, 6.45) is 1.53. The highest BCUT2D eigenvalue weighted by Gasteiger charge is 2.38. The number of nitrogens with zero attached hydrogens (tertiary/aromatic N) is 4. The van der Waals surface area contributed by atoms with Crippen molar-refractivity contribution in [3.8, 4) is 0 Å². The van der Waals surface area contributed by atoms with E-state index in [1.54, 1.807) is 16.5 Å². The third-order valence-electron chi connectivity index (χ3n) is 5.11. The normalized spacial score (nSPS) is 18.5. The molecule has 24 heavy (non-hydrogen) atoms. The van der Waals surface area contributed by atoms with Gasteiger partial charge in [-0.25, -0.2) is 4.79 Å². The van der Waals surface area contributed by atoms with Crippen LogP contribution in [0.3, 0.4) is 0 Å². The summed E-state index contributed by atoms with van der Waals surface area (Å²) in [5.74, 6) is 0.119. The molecule has 0 N–H and O–H groups in total. The molecule has 7 heteroatoms. The summed E-state index contributed by atoms with van der Waals surface area (Å²) in [5.41, 5.74) is 1.40. The van der Waals surface area contributed by atoms with Crippen LogP contribution in [-0.2, 0) is 23.2 Å². The van der Waals surface area contributed by atoms with E-state index in [9.17, 15) is 14.4 Å². The predicted molar refractivity (Wildman–Crippen MR) is 88.5 cm³/mol. The van der Waals surface area contributed by atoms with Gasteiger partial charge in [-0.15, -0.1) is 0 Å². The molecule has 1 aromatic carbocycles. The molecule has 2 aliphatic heterocycles. The smallest absolute Gasteiger partial charge is 0.329 e. The number of rotatable bonds is 3. The SMILES string of the molecule is Cn1c(=O)n(CC(=O)N2CC(N3CCCC3=O)C2)c2ccccc21. The molecular weight excluding hydrogens is 308 g/mol. The van der Waals surface area contributed by atoms with Crippen molar-refractivity contribution in [1.82, 2.24) is 18.9 Å². The second-order valence-electron chi connectivity index (χ2n) is 6.56. The second kappa shape index (κ2) is 5.51. The predicted octanol–water partition coefficient (Wildman–Crippen LogP) is 0.173. The van der Waals surface area contributed by atoms with Gasteiger partial charge in [-0.05, 0) is 18.6 Å². The number of aromatic nitrogens is 2. The molecule has 2 saturated heterocycles. The minimum absolute atomic E-state index is 0.0425. The fraction of sp³-hybridized carbons (Fsp3) is 0.471. The van der Waals surface area contributed by atoms with Crippen LogP contribution in [0.5, 0.6) is 0 Å². The molecule has 0 bridgehead atoms. The zero-order valence-electron chi connectivity index (χ0n) is 13.6. The largest absolute Gasteiger partial charge is 0.337 e. The van der Waals surface area contributed by atoms with Crippen LogP contribution in [0.15, 0.2) is 29.1 Å². The maximum Gasteiger partial charge on any atom is 0.329 e. The van der Waals surface area contributed by atoms with Crippen molar-refractivity contribution in [3.05, 3.63) is 34.7 Å². The first-order valence-corrected chi connectivity index (χ1v) is 8.28. The van der Waals surface area contributed by atoms with Crippen LogP contribution in [-0.4, -0.2) is 56.4 Å². The van der Waals surface area contributed by atoms with Gasteiger partial charge in [0.2, 0.25) is 11.8 Å². The molecule has 0 radical (unpaired) electrons. The van der Waals surface area contributed by atoms with Gasteiger partial charge in [0.15, 0.2) is 0 Å². The lowest BCUT2D eigenvalue weighted by molar-refractivity contribution is -0.144. The number of benzene rings is 1. The van der Waals surface area contributed by atoms with Gasteiger partial charge < -0.3 is 9.80 Å². The maximum absolute atomic E-state index is 12.5. The molecule has 3 heterocycles. The standard InChI is InChI=1S/C17H20N4O3/c1-18-13-5-2-3-6-14(13)21(17(18)24)11-16(23)19-9-12(10-19)20-8-4-7-15(20)22/h2-3,5-6,12H,4,7-11H2,1H3. The molecule has 2 fully saturated rings. The molecule has 7 nitrogen and oxygen atoms in total. The molecule has 2 aromatic rings. The number of hydrogen-bond donors (Lipinski definition) is 0. The van der Waals surface area contributed by atoms with E-state index < -0.39 is 0 Å². The first-order valence-electron chi connectivity index (χ1n) is 8.28. The van der Waals surface area contributed by atoms with E-state index in [0.29, 0.717) is 19.5 Å². The van der Waals surface area contributed by atoms with Crippen LogP contribution >= 0.6 is 0 Å². The van der Waals surface area contributed by atoms with Crippen molar-refractivity contribution < 1.29 is 9.59 Å². The number of hydrogen-bond acceptors (Lipinski definition) is 3. The van der Waals surface area contributed by atoms with Crippen molar-refractivity contribution >= 4 is 22.8 Å². The van der Waals surface area contributed by atoms with Gasteiger partial charge in [0.05, 0.1) is 17.1 Å². The maximum atomic E-state index is 12.5. The lowest BCUT2D eigenvalue weighted by Crippen LogP contribution is -2.61. The number of fused-ring (bicyclic) bond motifs is 1. The average molecular weight is 328 g/mol. The summed E-state index contributed by atoms with van der Waals surface area (Å²) in [6.45, 7) is 1.99. The van der Waals surface area contributed by atoms with Crippen LogP contribution in [0.1, 0.15) is 12.8 Å². The summed E-state index contributed by atoms with van der Waals surface area (Å²) in [5, 5.41) is 0. The first kappa shape index (κ1) is 15.0. The highest BCUT2D eigenvalue weighted by Crippen LogP contribution is 2.21. The van der Waals surface area contributed by atoms with Crippen LogP contribution in [0.4, 0.5) is 0 Å². The van der Waals surface area contributed by atoms with Crippen LogP contribution < -0.4 is 5.69 Å². The molecule has 4 rings (SSSR count). The third kappa shape index (κ3) is 2.23. The van der Waals surface area contributed by atoms with E-state index in [-0.39, 0.29) is 30.1 Å². The van der Waals surface area contributed by atoms with Gasteiger partial charge in [-0.2, -0.15) is 0 Å². The third-order valence-corrected chi connectivity index (χ3v) is 5.11. The number of carbonyl (C=O) groups excluding carboxylic acids is 2. The van der Waals surface area contributed by atoms with E-state index >= 15 is 0 Å². The zero-order chi connectivity index (χ0) is 16.8. The van der Waals surface area contributed by atoms with E-state index in [4.69, 9.17) is 0 Å². The van der Waals surface area contributed by atoms with Gasteiger partial charge in [-0.3, -0.25) is 18.7 Å². The van der Waals surface area contributed by atoms with Gasteiger partial charge in [0.25, 0.3) is 0 Å². The molecule has 0 spiro atoms. The van der Waals surface area contributed by atoms with Crippen molar-refractivity contribution in [2.24, 2.45) is 7.05 Å². The fourth-order valence-corrected chi connectivity index (χ4v) is 3.66. The highest BCUT2D eigenvalue weighted by molar-refractivity contribution is 5.82. The molecule has 126 valence electrons. The molecule has 2 aliphatic rings. The Morgan fingerprint density at radius 1 is 1.17 bits per heavy atom. The first-order chi connectivity index (χ1) is 11.6. The van der Waals surface area contributed by atoms with E-state index in [1.165, 1.54) is 4.57 Å². The zero-order valence-corrected chi connectivity index (χ0v) is 13.6. The quantitative estimate of drug-likeness (QED) is 0.807. The minimum atomic E-state index is -0.184. The Bertz CT molecular complexity index is 876. The van der Waals surface area contributed by atoms with Crippen molar-refractivity contribution in [3.63, 3.8) is 0 Å². The number of imidazole rings is 1. The Morgan fingerprint density at radius 3 is 2.54 bits per heavy atom. The summed E-state index contributed by atoms with van der Waals surface area (Å²) in [7, 11) is 1.71. The molecule has 0 saturated carbocycles. The lowest BCUT2D eigenvalue weighted by Gasteiger charge is -2.44. The topological polar surface area (TPSA) is 67.6 Å². The Morgan fingerprint density at radius 2 is 1.88 bits per heavy atom. The Kier molecular flexibility index (Phi) is 3.44. The number of carbonyl (C=O) groups is 2. The van der Waals surface area contributed by atoms with Crippen molar-refractivity contribution in [2.45, 2.75) is 25.4 Å². The molecule has 2 amide bonds. The molecular formula is C17H20N4O3. The van der Waals surface area contributed by atoms with Crippen molar-refractivity contribution in [2.75, 3.05) is 19.6 Å². The van der Waals surface area contributed by atoms with Gasteiger partial charge in [0, 0.05) is 33.1 Å². The van der Waals surface area contributed by atoms with Crippen LogP contribution in [0.2, 0.25) is 0 Å². The molecule has 0 unspecified atom stereocenters. The summed E-state index contributed by atoms with van der Waals surface area (Å²) < 4.78 is 3.08. The van der Waals surface area contributed by atoms with Crippen molar-refractivity contribution in [1.29, 1.82) is 0 Å². The Labute approximate surface area is 139 Å².